The average Bonchev–Trinajstić information content (AvgIpc) is 2.45. The third kappa shape index (κ3) is 4.34. The highest BCUT2D eigenvalue weighted by Crippen LogP contribution is 2.18. The van der Waals surface area contributed by atoms with Crippen LogP contribution in [0.5, 0.6) is 0 Å². The van der Waals surface area contributed by atoms with Gasteiger partial charge in [-0.3, -0.25) is 4.79 Å². The van der Waals surface area contributed by atoms with Gasteiger partial charge in [0.15, 0.2) is 0 Å². The monoisotopic (exact) mass is 275 g/mol. The lowest BCUT2D eigenvalue weighted by molar-refractivity contribution is -0.132. The largest absolute Gasteiger partial charge is 0.381 e. The van der Waals surface area contributed by atoms with Crippen LogP contribution in [-0.4, -0.2) is 37.1 Å². The average molecular weight is 275 g/mol. The van der Waals surface area contributed by atoms with Crippen molar-refractivity contribution in [2.45, 2.75) is 33.1 Å². The van der Waals surface area contributed by atoms with Gasteiger partial charge in [0, 0.05) is 19.7 Å². The normalized spacial score (nSPS) is 19.1. The number of hydrogen-bond acceptors (Lipinski definition) is 2. The maximum atomic E-state index is 12.4. The number of carbonyl (C=O) groups is 1. The third-order valence-corrected chi connectivity index (χ3v) is 3.87. The van der Waals surface area contributed by atoms with Crippen molar-refractivity contribution in [3.63, 3.8) is 0 Å². The molecule has 1 unspecified atom stereocenters. The van der Waals surface area contributed by atoms with Crippen LogP contribution in [0, 0.1) is 12.8 Å². The molecule has 0 radical (unpaired) electrons. The smallest absolute Gasteiger partial charge is 0.227 e. The van der Waals surface area contributed by atoms with Crippen LogP contribution in [0.15, 0.2) is 24.3 Å². The van der Waals surface area contributed by atoms with Crippen LogP contribution in [0.2, 0.25) is 0 Å². The summed E-state index contributed by atoms with van der Waals surface area (Å²) in [4.78, 5) is 14.4. The highest BCUT2D eigenvalue weighted by Gasteiger charge is 2.23. The van der Waals surface area contributed by atoms with Crippen molar-refractivity contribution in [3.05, 3.63) is 35.4 Å². The Morgan fingerprint density at radius 3 is 3.05 bits per heavy atom. The Hall–Kier alpha value is -1.35. The molecule has 1 aromatic carbocycles. The molecule has 20 heavy (non-hydrogen) atoms. The molecule has 2 rings (SSSR count). The molecule has 1 fully saturated rings. The number of hydrogen-bond donors (Lipinski definition) is 0. The van der Waals surface area contributed by atoms with Gasteiger partial charge in [0.25, 0.3) is 0 Å². The maximum absolute atomic E-state index is 12.4. The van der Waals surface area contributed by atoms with Crippen LogP contribution in [0.25, 0.3) is 0 Å². The summed E-state index contributed by atoms with van der Waals surface area (Å²) in [5.41, 5.74) is 2.32. The molecule has 0 N–H and O–H groups in total. The molecular formula is C17H25NO2. The quantitative estimate of drug-likeness (QED) is 0.827. The molecule has 0 spiro atoms. The van der Waals surface area contributed by atoms with E-state index in [1.165, 1.54) is 12.0 Å². The second-order valence-electron chi connectivity index (χ2n) is 5.67. The van der Waals surface area contributed by atoms with Crippen molar-refractivity contribution in [2.75, 3.05) is 26.3 Å². The van der Waals surface area contributed by atoms with E-state index in [0.717, 1.165) is 38.3 Å². The molecule has 1 saturated heterocycles. The second-order valence-corrected chi connectivity index (χ2v) is 5.67. The molecule has 3 heteroatoms. The molecule has 1 heterocycles. The summed E-state index contributed by atoms with van der Waals surface area (Å²) in [6, 6.07) is 8.21. The Morgan fingerprint density at radius 1 is 1.45 bits per heavy atom. The van der Waals surface area contributed by atoms with Crippen LogP contribution in [0.4, 0.5) is 0 Å². The lowest BCUT2D eigenvalue weighted by Gasteiger charge is -2.32. The third-order valence-electron chi connectivity index (χ3n) is 3.87. The van der Waals surface area contributed by atoms with Gasteiger partial charge in [0.05, 0.1) is 13.0 Å². The molecule has 1 atom stereocenters. The van der Waals surface area contributed by atoms with Crippen molar-refractivity contribution in [1.29, 1.82) is 0 Å². The number of aryl methyl sites for hydroxylation is 1. The lowest BCUT2D eigenvalue weighted by Crippen LogP contribution is -2.42. The minimum Gasteiger partial charge on any atom is -0.381 e. The Bertz CT molecular complexity index is 444. The molecule has 3 nitrogen and oxygen atoms in total. The van der Waals surface area contributed by atoms with E-state index in [0.29, 0.717) is 12.3 Å². The minimum absolute atomic E-state index is 0.247. The Balaban J connectivity index is 1.88. The molecule has 1 aromatic rings. The Morgan fingerprint density at radius 2 is 2.30 bits per heavy atom. The molecule has 0 bridgehead atoms. The number of nitrogens with zero attached hydrogens (tertiary/aromatic N) is 1. The van der Waals surface area contributed by atoms with Crippen molar-refractivity contribution in [3.8, 4) is 0 Å². The minimum atomic E-state index is 0.247. The van der Waals surface area contributed by atoms with Gasteiger partial charge in [-0.25, -0.2) is 0 Å². The van der Waals surface area contributed by atoms with Gasteiger partial charge >= 0.3 is 0 Å². The topological polar surface area (TPSA) is 29.5 Å². The fourth-order valence-electron chi connectivity index (χ4n) is 2.82. The fraction of sp³-hybridized carbons (Fsp3) is 0.588. The summed E-state index contributed by atoms with van der Waals surface area (Å²) >= 11 is 0. The Labute approximate surface area is 121 Å². The Kier molecular flexibility index (Phi) is 5.60. The van der Waals surface area contributed by atoms with Gasteiger partial charge in [-0.1, -0.05) is 29.8 Å². The first kappa shape index (κ1) is 15.0. The number of ether oxygens (including phenoxy) is 1. The first-order chi connectivity index (χ1) is 9.69. The predicted molar refractivity (Wildman–Crippen MR) is 80.7 cm³/mol. The van der Waals surface area contributed by atoms with Gasteiger partial charge in [-0.2, -0.15) is 0 Å². The van der Waals surface area contributed by atoms with E-state index in [2.05, 4.69) is 19.1 Å². The van der Waals surface area contributed by atoms with Gasteiger partial charge in [0.1, 0.15) is 0 Å². The van der Waals surface area contributed by atoms with Crippen LogP contribution >= 0.6 is 0 Å². The summed E-state index contributed by atoms with van der Waals surface area (Å²) in [6.45, 7) is 7.37. The van der Waals surface area contributed by atoms with Crippen LogP contribution in [0.1, 0.15) is 30.9 Å². The number of likely N-dealkylation sites (tertiary alicyclic amines) is 1. The van der Waals surface area contributed by atoms with E-state index >= 15 is 0 Å². The maximum Gasteiger partial charge on any atom is 0.227 e. The van der Waals surface area contributed by atoms with Gasteiger partial charge in [0.2, 0.25) is 5.91 Å². The fourth-order valence-corrected chi connectivity index (χ4v) is 2.82. The van der Waals surface area contributed by atoms with Gasteiger partial charge in [-0.15, -0.1) is 0 Å². The number of rotatable bonds is 5. The zero-order valence-corrected chi connectivity index (χ0v) is 12.6. The highest BCUT2D eigenvalue weighted by atomic mass is 16.5. The van der Waals surface area contributed by atoms with Gasteiger partial charge in [-0.05, 0) is 38.2 Å². The number of benzene rings is 1. The van der Waals surface area contributed by atoms with E-state index in [1.807, 2.05) is 24.0 Å². The summed E-state index contributed by atoms with van der Waals surface area (Å²) < 4.78 is 5.50. The molecule has 1 aliphatic heterocycles. The molecule has 1 aliphatic rings. The van der Waals surface area contributed by atoms with Crippen molar-refractivity contribution < 1.29 is 9.53 Å². The molecular weight excluding hydrogens is 250 g/mol. The van der Waals surface area contributed by atoms with Gasteiger partial charge < -0.3 is 9.64 Å². The van der Waals surface area contributed by atoms with E-state index in [4.69, 9.17) is 4.74 Å². The molecule has 1 amide bonds. The molecule has 0 aromatic heterocycles. The number of piperidine rings is 1. The molecule has 110 valence electrons. The zero-order chi connectivity index (χ0) is 14.4. The first-order valence-corrected chi connectivity index (χ1v) is 7.60. The standard InChI is InChI=1S/C17H25NO2/c1-3-20-13-16-8-5-9-18(12-16)17(19)11-15-7-4-6-14(2)10-15/h4,6-7,10,16H,3,5,8-9,11-13H2,1-2H3. The second kappa shape index (κ2) is 7.44. The predicted octanol–water partition coefficient (Wildman–Crippen LogP) is 2.81. The number of amides is 1. The zero-order valence-electron chi connectivity index (χ0n) is 12.6. The summed E-state index contributed by atoms with van der Waals surface area (Å²) in [6.07, 6.45) is 2.79. The van der Waals surface area contributed by atoms with E-state index in [9.17, 15) is 4.79 Å². The molecule has 0 aliphatic carbocycles. The lowest BCUT2D eigenvalue weighted by atomic mass is 9.98. The molecule has 0 saturated carbocycles. The summed E-state index contributed by atoms with van der Waals surface area (Å²) in [5, 5.41) is 0. The van der Waals surface area contributed by atoms with E-state index in [1.54, 1.807) is 0 Å². The van der Waals surface area contributed by atoms with Crippen LogP contribution in [0.3, 0.4) is 0 Å². The van der Waals surface area contributed by atoms with E-state index < -0.39 is 0 Å². The summed E-state index contributed by atoms with van der Waals surface area (Å²) in [7, 11) is 0. The van der Waals surface area contributed by atoms with Crippen molar-refractivity contribution in [1.82, 2.24) is 4.90 Å². The highest BCUT2D eigenvalue weighted by molar-refractivity contribution is 5.78. The SMILES string of the molecule is CCOCC1CCCN(C(=O)Cc2cccc(C)c2)C1. The number of carbonyl (C=O) groups excluding carboxylic acids is 1. The van der Waals surface area contributed by atoms with Crippen LogP contribution < -0.4 is 0 Å². The summed E-state index contributed by atoms with van der Waals surface area (Å²) in [5.74, 6) is 0.752. The first-order valence-electron chi connectivity index (χ1n) is 7.60. The van der Waals surface area contributed by atoms with E-state index in [-0.39, 0.29) is 5.91 Å². The van der Waals surface area contributed by atoms with Crippen molar-refractivity contribution >= 4 is 5.91 Å². The van der Waals surface area contributed by atoms with Crippen molar-refractivity contribution in [2.24, 2.45) is 5.92 Å². The van der Waals surface area contributed by atoms with Crippen LogP contribution in [-0.2, 0) is 16.0 Å².